The lowest BCUT2D eigenvalue weighted by Gasteiger charge is -2.56. The third kappa shape index (κ3) is 1.77. The first-order chi connectivity index (χ1) is 6.94. The monoisotopic (exact) mass is 220 g/mol. The highest BCUT2D eigenvalue weighted by molar-refractivity contribution is 5.03. The summed E-state index contributed by atoms with van der Waals surface area (Å²) in [4.78, 5) is 0. The van der Waals surface area contributed by atoms with Crippen LogP contribution in [0.25, 0.3) is 0 Å². The molecule has 0 saturated heterocycles. The van der Waals surface area contributed by atoms with Gasteiger partial charge in [0.05, 0.1) is 5.60 Å². The summed E-state index contributed by atoms with van der Waals surface area (Å²) in [7, 11) is 0. The topological polar surface area (TPSA) is 9.23 Å². The van der Waals surface area contributed by atoms with Gasteiger partial charge in [-0.3, -0.25) is 4.74 Å². The fourth-order valence-corrected chi connectivity index (χ4v) is 4.40. The van der Waals surface area contributed by atoms with E-state index in [-0.39, 0.29) is 0 Å². The van der Waals surface area contributed by atoms with Crippen LogP contribution in [0.1, 0.15) is 38.5 Å². The van der Waals surface area contributed by atoms with E-state index in [0.29, 0.717) is 37.0 Å². The van der Waals surface area contributed by atoms with E-state index in [1.165, 1.54) is 0 Å². The highest BCUT2D eigenvalue weighted by Gasteiger charge is 2.55. The highest BCUT2D eigenvalue weighted by atomic mass is 19.4. The van der Waals surface area contributed by atoms with Gasteiger partial charge >= 0.3 is 6.36 Å². The van der Waals surface area contributed by atoms with Crippen LogP contribution >= 0.6 is 0 Å². The quantitative estimate of drug-likeness (QED) is 0.657. The minimum absolute atomic E-state index is 0.499. The van der Waals surface area contributed by atoms with Crippen molar-refractivity contribution in [3.05, 3.63) is 0 Å². The molecule has 4 aliphatic carbocycles. The summed E-state index contributed by atoms with van der Waals surface area (Å²) in [6, 6.07) is 0. The molecule has 15 heavy (non-hydrogen) atoms. The van der Waals surface area contributed by atoms with Crippen LogP contribution in [0.4, 0.5) is 13.2 Å². The summed E-state index contributed by atoms with van der Waals surface area (Å²) >= 11 is 0. The average molecular weight is 220 g/mol. The lowest BCUT2D eigenvalue weighted by Crippen LogP contribution is -2.53. The maximum atomic E-state index is 12.3. The van der Waals surface area contributed by atoms with Crippen LogP contribution in [-0.2, 0) is 4.74 Å². The number of hydrogen-bond donors (Lipinski definition) is 0. The van der Waals surface area contributed by atoms with Crippen LogP contribution in [0.3, 0.4) is 0 Å². The molecule has 0 aromatic rings. The van der Waals surface area contributed by atoms with Crippen molar-refractivity contribution < 1.29 is 17.9 Å². The molecular weight excluding hydrogens is 205 g/mol. The molecule has 1 nitrogen and oxygen atoms in total. The van der Waals surface area contributed by atoms with Crippen LogP contribution in [0.2, 0.25) is 0 Å². The molecule has 4 bridgehead atoms. The molecule has 0 atom stereocenters. The molecule has 4 fully saturated rings. The summed E-state index contributed by atoms with van der Waals surface area (Å²) in [5, 5.41) is 0. The molecule has 4 heteroatoms. The summed E-state index contributed by atoms with van der Waals surface area (Å²) in [6.45, 7) is 0. The Morgan fingerprint density at radius 3 is 1.60 bits per heavy atom. The largest absolute Gasteiger partial charge is 0.523 e. The number of alkyl halides is 3. The fraction of sp³-hybridized carbons (Fsp3) is 1.00. The second-order valence-electron chi connectivity index (χ2n) is 5.65. The molecule has 0 aromatic heterocycles. The van der Waals surface area contributed by atoms with Crippen molar-refractivity contribution in [3.8, 4) is 0 Å². The fourth-order valence-electron chi connectivity index (χ4n) is 4.40. The van der Waals surface area contributed by atoms with Crippen molar-refractivity contribution >= 4 is 0 Å². The lowest BCUT2D eigenvalue weighted by molar-refractivity contribution is -0.385. The van der Waals surface area contributed by atoms with E-state index in [4.69, 9.17) is 0 Å². The Balaban J connectivity index is 1.81. The summed E-state index contributed by atoms with van der Waals surface area (Å²) in [5.41, 5.74) is -0.840. The number of hydrogen-bond acceptors (Lipinski definition) is 1. The zero-order valence-corrected chi connectivity index (χ0v) is 8.52. The Bertz CT molecular complexity index is 236. The minimum atomic E-state index is -4.45. The van der Waals surface area contributed by atoms with E-state index >= 15 is 0 Å². The van der Waals surface area contributed by atoms with E-state index in [1.54, 1.807) is 0 Å². The Labute approximate surface area is 87.0 Å². The molecule has 0 unspecified atom stereocenters. The second-order valence-corrected chi connectivity index (χ2v) is 5.65. The van der Waals surface area contributed by atoms with Gasteiger partial charge in [-0.25, -0.2) is 0 Å². The standard InChI is InChI=1S/C11H15F3O/c12-11(13,14)15-10-4-7-1-8(5-10)3-9(2-7)6-10/h7-9H,1-6H2. The van der Waals surface area contributed by atoms with Crippen molar-refractivity contribution in [2.24, 2.45) is 17.8 Å². The zero-order valence-electron chi connectivity index (χ0n) is 8.52. The lowest BCUT2D eigenvalue weighted by atomic mass is 9.54. The molecule has 0 spiro atoms. The van der Waals surface area contributed by atoms with Gasteiger partial charge in [0, 0.05) is 0 Å². The van der Waals surface area contributed by atoms with E-state index in [2.05, 4.69) is 4.74 Å². The summed E-state index contributed by atoms with van der Waals surface area (Å²) in [6.07, 6.45) is 0.878. The van der Waals surface area contributed by atoms with E-state index in [9.17, 15) is 13.2 Å². The minimum Gasteiger partial charge on any atom is -0.285 e. The van der Waals surface area contributed by atoms with Gasteiger partial charge < -0.3 is 0 Å². The van der Waals surface area contributed by atoms with Crippen molar-refractivity contribution in [3.63, 3.8) is 0 Å². The molecule has 86 valence electrons. The molecule has 4 rings (SSSR count). The van der Waals surface area contributed by atoms with Crippen molar-refractivity contribution in [2.75, 3.05) is 0 Å². The maximum absolute atomic E-state index is 12.3. The van der Waals surface area contributed by atoms with Gasteiger partial charge in [0.1, 0.15) is 0 Å². The van der Waals surface area contributed by atoms with Crippen molar-refractivity contribution in [2.45, 2.75) is 50.5 Å². The van der Waals surface area contributed by atoms with E-state index < -0.39 is 12.0 Å². The predicted octanol–water partition coefficient (Wildman–Crippen LogP) is 3.49. The van der Waals surface area contributed by atoms with Crippen molar-refractivity contribution in [1.29, 1.82) is 0 Å². The Morgan fingerprint density at radius 1 is 0.867 bits per heavy atom. The maximum Gasteiger partial charge on any atom is 0.523 e. The molecule has 0 amide bonds. The molecule has 4 saturated carbocycles. The molecule has 0 radical (unpaired) electrons. The third-order valence-corrected chi connectivity index (χ3v) is 4.31. The van der Waals surface area contributed by atoms with Gasteiger partial charge in [-0.2, -0.15) is 0 Å². The van der Waals surface area contributed by atoms with E-state index in [1.807, 2.05) is 0 Å². The van der Waals surface area contributed by atoms with Gasteiger partial charge in [-0.05, 0) is 56.3 Å². The summed E-state index contributed by atoms with van der Waals surface area (Å²) < 4.78 is 41.5. The SMILES string of the molecule is FC(F)(F)OC12CC3CC(CC(C3)C1)C2. The zero-order chi connectivity index (χ0) is 10.7. The number of halogens is 3. The van der Waals surface area contributed by atoms with Gasteiger partial charge in [-0.15, -0.1) is 13.2 Å². The first-order valence-electron chi connectivity index (χ1n) is 5.71. The normalized spacial score (nSPS) is 48.6. The Kier molecular flexibility index (Phi) is 1.92. The molecule has 0 heterocycles. The van der Waals surface area contributed by atoms with Crippen LogP contribution in [0.5, 0.6) is 0 Å². The molecule has 0 aliphatic heterocycles. The van der Waals surface area contributed by atoms with Crippen molar-refractivity contribution in [1.82, 2.24) is 0 Å². The van der Waals surface area contributed by atoms with E-state index in [0.717, 1.165) is 19.3 Å². The Morgan fingerprint density at radius 2 is 1.27 bits per heavy atom. The van der Waals surface area contributed by atoms with Gasteiger partial charge in [0.15, 0.2) is 0 Å². The van der Waals surface area contributed by atoms with Crippen LogP contribution < -0.4 is 0 Å². The first-order valence-corrected chi connectivity index (χ1v) is 5.71. The third-order valence-electron chi connectivity index (χ3n) is 4.31. The van der Waals surface area contributed by atoms with Crippen LogP contribution in [-0.4, -0.2) is 12.0 Å². The molecule has 4 aliphatic rings. The first kappa shape index (κ1) is 9.94. The average Bonchev–Trinajstić information content (AvgIpc) is 1.94. The van der Waals surface area contributed by atoms with Gasteiger partial charge in [0.25, 0.3) is 0 Å². The van der Waals surface area contributed by atoms with Crippen LogP contribution in [0, 0.1) is 17.8 Å². The number of rotatable bonds is 1. The van der Waals surface area contributed by atoms with Gasteiger partial charge in [-0.1, -0.05) is 0 Å². The second kappa shape index (κ2) is 2.90. The molecule has 0 N–H and O–H groups in total. The molecular formula is C11H15F3O. The highest BCUT2D eigenvalue weighted by Crippen LogP contribution is 2.58. The smallest absolute Gasteiger partial charge is 0.285 e. The van der Waals surface area contributed by atoms with Crippen LogP contribution in [0.15, 0.2) is 0 Å². The summed E-state index contributed by atoms with van der Waals surface area (Å²) in [5.74, 6) is 1.50. The number of ether oxygens (including phenoxy) is 1. The van der Waals surface area contributed by atoms with Gasteiger partial charge in [0.2, 0.25) is 0 Å². The Hall–Kier alpha value is -0.250. The predicted molar refractivity (Wildman–Crippen MR) is 48.0 cm³/mol. The molecule has 0 aromatic carbocycles.